The lowest BCUT2D eigenvalue weighted by molar-refractivity contribution is 0.00755. The number of rotatable bonds is 2. The maximum Gasteiger partial charge on any atom is 0.0722 e. The van der Waals surface area contributed by atoms with Crippen LogP contribution in [0.2, 0.25) is 10.0 Å². The molecule has 4 fully saturated rings. The van der Waals surface area contributed by atoms with Gasteiger partial charge in [-0.05, 0) is 67.9 Å². The van der Waals surface area contributed by atoms with Crippen molar-refractivity contribution >= 4 is 44.8 Å². The van der Waals surface area contributed by atoms with E-state index in [2.05, 4.69) is 21.2 Å². The number of halogens is 3. The van der Waals surface area contributed by atoms with Gasteiger partial charge >= 0.3 is 0 Å². The van der Waals surface area contributed by atoms with E-state index in [0.29, 0.717) is 6.04 Å². The summed E-state index contributed by atoms with van der Waals surface area (Å²) in [5.41, 5.74) is 0.925. The zero-order valence-electron chi connectivity index (χ0n) is 11.2. The summed E-state index contributed by atoms with van der Waals surface area (Å²) >= 11 is 16.2. The zero-order chi connectivity index (χ0) is 13.9. The van der Waals surface area contributed by atoms with Gasteiger partial charge in [0.05, 0.1) is 15.7 Å². The molecule has 0 aliphatic heterocycles. The van der Waals surface area contributed by atoms with E-state index in [1.165, 1.54) is 32.1 Å². The number of hydrogen-bond acceptors (Lipinski definition) is 1. The largest absolute Gasteiger partial charge is 0.379 e. The van der Waals surface area contributed by atoms with E-state index < -0.39 is 0 Å². The second kappa shape index (κ2) is 5.07. The lowest BCUT2D eigenvalue weighted by Gasteiger charge is -2.54. The van der Waals surface area contributed by atoms with E-state index >= 15 is 0 Å². The van der Waals surface area contributed by atoms with E-state index in [9.17, 15) is 0 Å². The fourth-order valence-electron chi connectivity index (χ4n) is 5.01. The first-order valence-corrected chi connectivity index (χ1v) is 9.06. The molecule has 5 rings (SSSR count). The van der Waals surface area contributed by atoms with Crippen molar-refractivity contribution in [2.75, 3.05) is 5.32 Å². The van der Waals surface area contributed by atoms with Crippen molar-refractivity contribution < 1.29 is 0 Å². The Hall–Kier alpha value is 0.0800. The molecule has 4 aliphatic rings. The first kappa shape index (κ1) is 13.7. The molecule has 0 radical (unpaired) electrons. The van der Waals surface area contributed by atoms with Gasteiger partial charge in [-0.25, -0.2) is 0 Å². The summed E-state index contributed by atoms with van der Waals surface area (Å²) in [6, 6.07) is 4.41. The minimum atomic E-state index is 0.568. The van der Waals surface area contributed by atoms with Gasteiger partial charge in [0.25, 0.3) is 0 Å². The molecule has 0 saturated heterocycles. The second-order valence-corrected chi connectivity index (χ2v) is 8.58. The Bertz CT molecular complexity index is 494. The van der Waals surface area contributed by atoms with Gasteiger partial charge in [-0.3, -0.25) is 0 Å². The molecule has 1 aromatic rings. The van der Waals surface area contributed by atoms with Gasteiger partial charge in [-0.1, -0.05) is 39.1 Å². The highest BCUT2D eigenvalue weighted by atomic mass is 79.9. The molecular weight excluding hydrogens is 357 g/mol. The Balaban J connectivity index is 1.61. The van der Waals surface area contributed by atoms with Gasteiger partial charge in [0, 0.05) is 10.5 Å². The SMILES string of the molecule is Clc1cc(Br)cc(Cl)c1NC1C2CC3CC(C2)CC1C3. The van der Waals surface area contributed by atoms with Crippen molar-refractivity contribution in [3.05, 3.63) is 26.7 Å². The third-order valence-electron chi connectivity index (χ3n) is 5.54. The van der Waals surface area contributed by atoms with E-state index in [1.807, 2.05) is 12.1 Å². The first-order valence-electron chi connectivity index (χ1n) is 7.51. The van der Waals surface area contributed by atoms with E-state index in [1.54, 1.807) is 0 Å². The number of anilines is 1. The third-order valence-corrected chi connectivity index (χ3v) is 6.60. The van der Waals surface area contributed by atoms with Crippen LogP contribution in [0.5, 0.6) is 0 Å². The summed E-state index contributed by atoms with van der Waals surface area (Å²) in [5.74, 6) is 3.63. The Labute approximate surface area is 138 Å². The Morgan fingerprint density at radius 3 is 1.90 bits per heavy atom. The minimum Gasteiger partial charge on any atom is -0.379 e. The summed E-state index contributed by atoms with van der Waals surface area (Å²) in [6.07, 6.45) is 7.08. The van der Waals surface area contributed by atoms with Gasteiger partial charge in [-0.15, -0.1) is 0 Å². The molecule has 4 bridgehead atoms. The molecular formula is C16H18BrCl2N. The molecule has 0 unspecified atom stereocenters. The molecule has 20 heavy (non-hydrogen) atoms. The normalized spacial score (nSPS) is 38.2. The summed E-state index contributed by atoms with van der Waals surface area (Å²) in [6.45, 7) is 0. The van der Waals surface area contributed by atoms with Crippen LogP contribution < -0.4 is 5.32 Å². The zero-order valence-corrected chi connectivity index (χ0v) is 14.3. The van der Waals surface area contributed by atoms with Crippen molar-refractivity contribution in [3.8, 4) is 0 Å². The Morgan fingerprint density at radius 1 is 0.900 bits per heavy atom. The van der Waals surface area contributed by atoms with Gasteiger partial charge < -0.3 is 5.32 Å². The van der Waals surface area contributed by atoms with Crippen LogP contribution in [0.15, 0.2) is 16.6 Å². The van der Waals surface area contributed by atoms with Crippen LogP contribution in [0, 0.1) is 23.7 Å². The second-order valence-electron chi connectivity index (χ2n) is 6.85. The van der Waals surface area contributed by atoms with Crippen molar-refractivity contribution in [1.29, 1.82) is 0 Å². The Kier molecular flexibility index (Phi) is 3.48. The lowest BCUT2D eigenvalue weighted by Crippen LogP contribution is -2.51. The average molecular weight is 375 g/mol. The highest BCUT2D eigenvalue weighted by molar-refractivity contribution is 9.10. The van der Waals surface area contributed by atoms with E-state index in [0.717, 1.165) is 43.9 Å². The van der Waals surface area contributed by atoms with Gasteiger partial charge in [0.1, 0.15) is 0 Å². The van der Waals surface area contributed by atoms with Crippen LogP contribution in [0.4, 0.5) is 5.69 Å². The van der Waals surface area contributed by atoms with Gasteiger partial charge in [0.15, 0.2) is 0 Å². The van der Waals surface area contributed by atoms with Crippen molar-refractivity contribution in [2.45, 2.75) is 38.1 Å². The highest BCUT2D eigenvalue weighted by Crippen LogP contribution is 2.54. The van der Waals surface area contributed by atoms with Crippen LogP contribution in [-0.4, -0.2) is 6.04 Å². The molecule has 4 saturated carbocycles. The molecule has 0 amide bonds. The highest BCUT2D eigenvalue weighted by Gasteiger charge is 2.48. The van der Waals surface area contributed by atoms with Gasteiger partial charge in [0.2, 0.25) is 0 Å². The molecule has 1 nitrogen and oxygen atoms in total. The maximum absolute atomic E-state index is 6.37. The minimum absolute atomic E-state index is 0.568. The summed E-state index contributed by atoms with van der Waals surface area (Å²) < 4.78 is 0.933. The number of nitrogens with one attached hydrogen (secondary N) is 1. The van der Waals surface area contributed by atoms with Crippen LogP contribution in [0.3, 0.4) is 0 Å². The lowest BCUT2D eigenvalue weighted by atomic mass is 9.54. The monoisotopic (exact) mass is 373 g/mol. The third kappa shape index (κ3) is 2.28. The molecule has 0 atom stereocenters. The standard InChI is InChI=1S/C16H18BrCl2N/c17-12-6-13(18)16(14(19)7-12)20-15-10-2-8-1-9(4-10)5-11(15)3-8/h6-11,15,20H,1-5H2. The number of hydrogen-bond donors (Lipinski definition) is 1. The fourth-order valence-corrected chi connectivity index (χ4v) is 6.33. The molecule has 0 heterocycles. The number of benzene rings is 1. The molecule has 4 heteroatoms. The van der Waals surface area contributed by atoms with Crippen molar-refractivity contribution in [1.82, 2.24) is 0 Å². The first-order chi connectivity index (χ1) is 9.60. The summed E-state index contributed by atoms with van der Waals surface area (Å²) in [7, 11) is 0. The molecule has 108 valence electrons. The Morgan fingerprint density at radius 2 is 1.40 bits per heavy atom. The average Bonchev–Trinajstić information content (AvgIpc) is 2.35. The predicted octanol–water partition coefficient (Wildman–Crippen LogP) is 5.99. The quantitative estimate of drug-likeness (QED) is 0.669. The summed E-state index contributed by atoms with van der Waals surface area (Å²) in [4.78, 5) is 0. The predicted molar refractivity (Wildman–Crippen MR) is 88.6 cm³/mol. The molecule has 0 spiro atoms. The maximum atomic E-state index is 6.37. The van der Waals surface area contributed by atoms with Crippen LogP contribution in [0.1, 0.15) is 32.1 Å². The van der Waals surface area contributed by atoms with Crippen LogP contribution in [-0.2, 0) is 0 Å². The van der Waals surface area contributed by atoms with Crippen molar-refractivity contribution in [3.63, 3.8) is 0 Å². The van der Waals surface area contributed by atoms with Crippen LogP contribution >= 0.6 is 39.1 Å². The summed E-state index contributed by atoms with van der Waals surface area (Å²) in [5, 5.41) is 5.14. The molecule has 1 aromatic carbocycles. The molecule has 4 aliphatic carbocycles. The topological polar surface area (TPSA) is 12.0 Å². The fraction of sp³-hybridized carbons (Fsp3) is 0.625. The van der Waals surface area contributed by atoms with Gasteiger partial charge in [-0.2, -0.15) is 0 Å². The van der Waals surface area contributed by atoms with E-state index in [-0.39, 0.29) is 0 Å². The molecule has 0 aromatic heterocycles. The smallest absolute Gasteiger partial charge is 0.0722 e. The van der Waals surface area contributed by atoms with E-state index in [4.69, 9.17) is 23.2 Å². The van der Waals surface area contributed by atoms with Crippen LogP contribution in [0.25, 0.3) is 0 Å². The van der Waals surface area contributed by atoms with Crippen molar-refractivity contribution in [2.24, 2.45) is 23.7 Å². The molecule has 1 N–H and O–H groups in total.